The molecule has 0 saturated carbocycles. The highest BCUT2D eigenvalue weighted by molar-refractivity contribution is 7.09. The van der Waals surface area contributed by atoms with Crippen molar-refractivity contribution in [3.05, 3.63) is 16.1 Å². The van der Waals surface area contributed by atoms with E-state index >= 15 is 0 Å². The van der Waals surface area contributed by atoms with Gasteiger partial charge in [-0.05, 0) is 40.0 Å². The number of amides is 1. The molecule has 0 fully saturated rings. The molecule has 0 aliphatic rings. The minimum atomic E-state index is -0.558. The first-order valence-corrected chi connectivity index (χ1v) is 9.29. The number of ether oxygens (including phenoxy) is 2. The number of rotatable bonds is 7. The highest BCUT2D eigenvalue weighted by atomic mass is 32.1. The van der Waals surface area contributed by atoms with E-state index in [-0.39, 0.29) is 17.7 Å². The summed E-state index contributed by atoms with van der Waals surface area (Å²) in [4.78, 5) is 28.0. The highest BCUT2D eigenvalue weighted by Crippen LogP contribution is 2.23. The number of aromatic nitrogens is 1. The average Bonchev–Trinajstić information content (AvgIpc) is 2.94. The molecule has 1 amide bonds. The number of nitrogens with two attached hydrogens (primary N) is 1. The maximum absolute atomic E-state index is 12.0. The molecule has 1 aromatic rings. The molecule has 7 nitrogen and oxygen atoms in total. The van der Waals surface area contributed by atoms with Crippen LogP contribution in [0.3, 0.4) is 0 Å². The monoisotopic (exact) mass is 371 g/mol. The molecule has 1 aromatic heterocycles. The molecular weight excluding hydrogens is 342 g/mol. The van der Waals surface area contributed by atoms with Gasteiger partial charge >= 0.3 is 12.1 Å². The van der Waals surface area contributed by atoms with Gasteiger partial charge in [-0.3, -0.25) is 0 Å². The van der Waals surface area contributed by atoms with Gasteiger partial charge in [-0.15, -0.1) is 11.3 Å². The van der Waals surface area contributed by atoms with Crippen molar-refractivity contribution < 1.29 is 19.1 Å². The first-order chi connectivity index (χ1) is 11.5. The summed E-state index contributed by atoms with van der Waals surface area (Å²) in [6.45, 7) is 11.5. The summed E-state index contributed by atoms with van der Waals surface area (Å²) in [7, 11) is 0. The largest absolute Gasteiger partial charge is 0.461 e. The Hall–Kier alpha value is -1.67. The summed E-state index contributed by atoms with van der Waals surface area (Å²) < 4.78 is 10.2. The van der Waals surface area contributed by atoms with E-state index in [1.54, 1.807) is 12.3 Å². The molecule has 1 heterocycles. The van der Waals surface area contributed by atoms with E-state index in [2.05, 4.69) is 10.3 Å². The fourth-order valence-electron chi connectivity index (χ4n) is 2.09. The maximum atomic E-state index is 12.0. The predicted molar refractivity (Wildman–Crippen MR) is 97.6 cm³/mol. The lowest BCUT2D eigenvalue weighted by atomic mass is 9.97. The second kappa shape index (κ2) is 9.15. The van der Waals surface area contributed by atoms with Gasteiger partial charge in [-0.2, -0.15) is 0 Å². The third-order valence-electron chi connectivity index (χ3n) is 3.34. The molecule has 8 heteroatoms. The van der Waals surface area contributed by atoms with Gasteiger partial charge < -0.3 is 20.5 Å². The van der Waals surface area contributed by atoms with Crippen LogP contribution in [-0.2, 0) is 9.47 Å². The Labute approximate surface area is 153 Å². The highest BCUT2D eigenvalue weighted by Gasteiger charge is 2.25. The minimum Gasteiger partial charge on any atom is -0.461 e. The van der Waals surface area contributed by atoms with Crippen LogP contribution < -0.4 is 11.1 Å². The molecule has 0 aliphatic heterocycles. The Morgan fingerprint density at radius 2 is 2.00 bits per heavy atom. The van der Waals surface area contributed by atoms with Crippen LogP contribution in [0.15, 0.2) is 5.38 Å². The third kappa shape index (κ3) is 7.39. The zero-order valence-electron chi connectivity index (χ0n) is 15.8. The van der Waals surface area contributed by atoms with Crippen molar-refractivity contribution in [3.63, 3.8) is 0 Å². The molecule has 2 atom stereocenters. The molecule has 0 aromatic carbocycles. The summed E-state index contributed by atoms with van der Waals surface area (Å²) >= 11 is 1.31. The third-order valence-corrected chi connectivity index (χ3v) is 4.32. The van der Waals surface area contributed by atoms with Gasteiger partial charge in [0, 0.05) is 11.4 Å². The van der Waals surface area contributed by atoms with E-state index in [0.29, 0.717) is 18.0 Å². The minimum absolute atomic E-state index is 0.167. The molecule has 1 rings (SSSR count). The van der Waals surface area contributed by atoms with Crippen LogP contribution in [0.25, 0.3) is 0 Å². The molecule has 0 radical (unpaired) electrons. The molecule has 142 valence electrons. The Bertz CT molecular complexity index is 581. The van der Waals surface area contributed by atoms with Crippen molar-refractivity contribution in [3.8, 4) is 0 Å². The summed E-state index contributed by atoms with van der Waals surface area (Å²) in [5.74, 6) is -0.285. The molecule has 0 aliphatic carbocycles. The number of carbonyl (C=O) groups excluding carboxylic acids is 2. The van der Waals surface area contributed by atoms with Crippen molar-refractivity contribution in [2.24, 2.45) is 11.7 Å². The molecular formula is C17H29N3O4S. The van der Waals surface area contributed by atoms with Crippen LogP contribution in [0.5, 0.6) is 0 Å². The smallest absolute Gasteiger partial charge is 0.407 e. The maximum Gasteiger partial charge on any atom is 0.407 e. The van der Waals surface area contributed by atoms with Gasteiger partial charge in [0.15, 0.2) is 5.69 Å². The van der Waals surface area contributed by atoms with Crippen molar-refractivity contribution in [1.82, 2.24) is 10.3 Å². The number of carbonyl (C=O) groups is 2. The Morgan fingerprint density at radius 1 is 1.36 bits per heavy atom. The number of alkyl carbamates (subject to hydrolysis) is 1. The van der Waals surface area contributed by atoms with E-state index in [4.69, 9.17) is 15.2 Å². The number of hydrogen-bond donors (Lipinski definition) is 2. The van der Waals surface area contributed by atoms with Crippen molar-refractivity contribution in [2.75, 3.05) is 6.61 Å². The normalized spacial score (nSPS) is 14.1. The van der Waals surface area contributed by atoms with Crippen molar-refractivity contribution in [1.29, 1.82) is 0 Å². The number of hydrogen-bond acceptors (Lipinski definition) is 7. The second-order valence-electron chi connectivity index (χ2n) is 7.13. The van der Waals surface area contributed by atoms with Crippen molar-refractivity contribution >= 4 is 23.4 Å². The van der Waals surface area contributed by atoms with Crippen LogP contribution in [0.1, 0.15) is 69.5 Å². The topological polar surface area (TPSA) is 104 Å². The van der Waals surface area contributed by atoms with Gasteiger partial charge in [0.05, 0.1) is 12.6 Å². The molecule has 0 bridgehead atoms. The lowest BCUT2D eigenvalue weighted by Gasteiger charge is -2.27. The van der Waals surface area contributed by atoms with E-state index in [9.17, 15) is 9.59 Å². The fourth-order valence-corrected chi connectivity index (χ4v) is 2.89. The van der Waals surface area contributed by atoms with Crippen LogP contribution >= 0.6 is 11.3 Å². The average molecular weight is 372 g/mol. The van der Waals surface area contributed by atoms with Crippen LogP contribution in [0.4, 0.5) is 4.79 Å². The van der Waals surface area contributed by atoms with Crippen LogP contribution in [-0.4, -0.2) is 35.3 Å². The van der Waals surface area contributed by atoms with Crippen molar-refractivity contribution in [2.45, 2.75) is 65.6 Å². The van der Waals surface area contributed by atoms with Gasteiger partial charge in [0.1, 0.15) is 10.6 Å². The zero-order valence-corrected chi connectivity index (χ0v) is 16.6. The summed E-state index contributed by atoms with van der Waals surface area (Å²) in [6.07, 6.45) is 0.0249. The van der Waals surface area contributed by atoms with E-state index in [0.717, 1.165) is 0 Å². The zero-order chi connectivity index (χ0) is 19.2. The number of esters is 1. The fraction of sp³-hybridized carbons (Fsp3) is 0.706. The number of nitrogens with one attached hydrogen (secondary N) is 1. The van der Waals surface area contributed by atoms with Gasteiger partial charge in [-0.1, -0.05) is 13.8 Å². The van der Waals surface area contributed by atoms with Gasteiger partial charge in [0.2, 0.25) is 0 Å². The summed E-state index contributed by atoms with van der Waals surface area (Å²) in [5.41, 5.74) is 5.93. The van der Waals surface area contributed by atoms with Crippen LogP contribution in [0.2, 0.25) is 0 Å². The number of thiazole rings is 1. The van der Waals surface area contributed by atoms with Gasteiger partial charge in [0.25, 0.3) is 0 Å². The summed E-state index contributed by atoms with van der Waals surface area (Å²) in [5, 5.41) is 5.14. The molecule has 0 spiro atoms. The summed E-state index contributed by atoms with van der Waals surface area (Å²) in [6, 6.07) is -0.560. The molecule has 25 heavy (non-hydrogen) atoms. The Kier molecular flexibility index (Phi) is 7.82. The molecule has 3 N–H and O–H groups in total. The standard InChI is InChI=1S/C17H29N3O4S/c1-7-23-15(21)13-9-25-14(19-13)11(18)8-12(10(2)3)20-16(22)24-17(4,5)6/h9-12H,7-8,18H2,1-6H3,(H,20,22)/t11-,12-/m1/s1. The quantitative estimate of drug-likeness (QED) is 0.713. The van der Waals surface area contributed by atoms with E-state index in [1.807, 2.05) is 34.6 Å². The second-order valence-corrected chi connectivity index (χ2v) is 8.02. The predicted octanol–water partition coefficient (Wildman–Crippen LogP) is 3.26. The van der Waals surface area contributed by atoms with E-state index in [1.165, 1.54) is 11.3 Å². The van der Waals surface area contributed by atoms with Gasteiger partial charge in [-0.25, -0.2) is 14.6 Å². The lowest BCUT2D eigenvalue weighted by Crippen LogP contribution is -2.43. The Morgan fingerprint density at radius 3 is 2.52 bits per heavy atom. The van der Waals surface area contributed by atoms with E-state index < -0.39 is 23.7 Å². The van der Waals surface area contributed by atoms with Crippen LogP contribution in [0, 0.1) is 5.92 Å². The number of nitrogens with zero attached hydrogens (tertiary/aromatic N) is 1. The lowest BCUT2D eigenvalue weighted by molar-refractivity contribution is 0.0483. The molecule has 0 saturated heterocycles. The Balaban J connectivity index is 2.72. The SMILES string of the molecule is CCOC(=O)c1csc([C@H](N)C[C@@H](NC(=O)OC(C)(C)C)C(C)C)n1. The molecule has 0 unspecified atom stereocenters. The first-order valence-electron chi connectivity index (χ1n) is 8.41. The first kappa shape index (κ1) is 21.4.